The number of pyridine rings is 1. The van der Waals surface area contributed by atoms with E-state index < -0.39 is 11.7 Å². The van der Waals surface area contributed by atoms with Crippen LogP contribution in [-0.4, -0.2) is 10.9 Å². The van der Waals surface area contributed by atoms with Crippen molar-refractivity contribution >= 4 is 22.5 Å². The highest BCUT2D eigenvalue weighted by Gasteiger charge is 2.13. The van der Waals surface area contributed by atoms with Gasteiger partial charge in [0.05, 0.1) is 23.0 Å². The molecule has 0 bridgehead atoms. The average molecular weight is 346 g/mol. The molecule has 26 heavy (non-hydrogen) atoms. The zero-order chi connectivity index (χ0) is 18.7. The van der Waals surface area contributed by atoms with Gasteiger partial charge >= 0.3 is 0 Å². The van der Waals surface area contributed by atoms with Crippen molar-refractivity contribution < 1.29 is 9.18 Å². The van der Waals surface area contributed by atoms with E-state index in [4.69, 9.17) is 0 Å². The number of aromatic nitrogens is 1. The second kappa shape index (κ2) is 6.97. The highest BCUT2D eigenvalue weighted by atomic mass is 19.1. The summed E-state index contributed by atoms with van der Waals surface area (Å²) in [6.45, 7) is 5.95. The van der Waals surface area contributed by atoms with Crippen molar-refractivity contribution in [1.29, 1.82) is 0 Å². The van der Waals surface area contributed by atoms with E-state index in [0.29, 0.717) is 11.3 Å². The Morgan fingerprint density at radius 3 is 2.62 bits per heavy atom. The molecule has 2 aromatic carbocycles. The molecular formula is C22H19FN2O. The van der Waals surface area contributed by atoms with Gasteiger partial charge in [-0.05, 0) is 51.1 Å². The average Bonchev–Trinajstić information content (AvgIpc) is 2.59. The third kappa shape index (κ3) is 4.25. The summed E-state index contributed by atoms with van der Waals surface area (Å²) in [6.07, 6.45) is 1.56. The van der Waals surface area contributed by atoms with Crippen molar-refractivity contribution in [3.8, 4) is 11.8 Å². The lowest BCUT2D eigenvalue weighted by atomic mass is 9.97. The number of nitrogens with one attached hydrogen (secondary N) is 1. The molecule has 0 spiro atoms. The van der Waals surface area contributed by atoms with E-state index in [9.17, 15) is 9.18 Å². The second-order valence-electron chi connectivity index (χ2n) is 7.07. The van der Waals surface area contributed by atoms with Gasteiger partial charge in [0.15, 0.2) is 0 Å². The van der Waals surface area contributed by atoms with Crippen LogP contribution in [0.1, 0.15) is 36.7 Å². The number of para-hydroxylation sites is 1. The van der Waals surface area contributed by atoms with E-state index in [0.717, 1.165) is 10.9 Å². The fourth-order valence-electron chi connectivity index (χ4n) is 2.37. The summed E-state index contributed by atoms with van der Waals surface area (Å²) >= 11 is 0. The first-order valence-corrected chi connectivity index (χ1v) is 8.31. The lowest BCUT2D eigenvalue weighted by Gasteiger charge is -2.08. The SMILES string of the molecule is CC(C)(C)C#Cc1ccc(C(=O)Nc2cnc3ccccc3c2)c(F)c1. The highest BCUT2D eigenvalue weighted by Crippen LogP contribution is 2.18. The van der Waals surface area contributed by atoms with Crippen molar-refractivity contribution in [2.24, 2.45) is 5.41 Å². The maximum absolute atomic E-state index is 14.3. The van der Waals surface area contributed by atoms with Crippen molar-refractivity contribution in [3.63, 3.8) is 0 Å². The Balaban J connectivity index is 1.81. The first-order chi connectivity index (χ1) is 12.3. The van der Waals surface area contributed by atoms with Crippen LogP contribution in [0.4, 0.5) is 10.1 Å². The molecule has 3 aromatic rings. The number of benzene rings is 2. The number of carbonyl (C=O) groups excluding carboxylic acids is 1. The van der Waals surface area contributed by atoms with Gasteiger partial charge < -0.3 is 5.32 Å². The van der Waals surface area contributed by atoms with E-state index in [1.165, 1.54) is 12.1 Å². The van der Waals surface area contributed by atoms with E-state index in [1.54, 1.807) is 18.3 Å². The summed E-state index contributed by atoms with van der Waals surface area (Å²) in [4.78, 5) is 16.7. The van der Waals surface area contributed by atoms with Crippen LogP contribution < -0.4 is 5.32 Å². The van der Waals surface area contributed by atoms with Crippen LogP contribution in [-0.2, 0) is 0 Å². The number of hydrogen-bond acceptors (Lipinski definition) is 2. The first kappa shape index (κ1) is 17.6. The molecular weight excluding hydrogens is 327 g/mol. The van der Waals surface area contributed by atoms with Crippen LogP contribution in [0.2, 0.25) is 0 Å². The van der Waals surface area contributed by atoms with Crippen LogP contribution >= 0.6 is 0 Å². The van der Waals surface area contributed by atoms with Crippen molar-refractivity contribution in [3.05, 3.63) is 71.7 Å². The lowest BCUT2D eigenvalue weighted by Crippen LogP contribution is -2.14. The number of rotatable bonds is 2. The minimum Gasteiger partial charge on any atom is -0.320 e. The van der Waals surface area contributed by atoms with Crippen LogP contribution in [0.5, 0.6) is 0 Å². The summed E-state index contributed by atoms with van der Waals surface area (Å²) in [5.41, 5.74) is 1.69. The number of nitrogens with zero attached hydrogens (tertiary/aromatic N) is 1. The van der Waals surface area contributed by atoms with Crippen LogP contribution in [0.15, 0.2) is 54.7 Å². The third-order valence-electron chi connectivity index (χ3n) is 3.64. The number of carbonyl (C=O) groups is 1. The van der Waals surface area contributed by atoms with Gasteiger partial charge in [0.25, 0.3) is 5.91 Å². The minimum atomic E-state index is -0.600. The van der Waals surface area contributed by atoms with Crippen LogP contribution in [0.25, 0.3) is 10.9 Å². The van der Waals surface area contributed by atoms with Gasteiger partial charge in [-0.3, -0.25) is 9.78 Å². The van der Waals surface area contributed by atoms with E-state index >= 15 is 0 Å². The molecule has 1 heterocycles. The monoisotopic (exact) mass is 346 g/mol. The van der Waals surface area contributed by atoms with Crippen molar-refractivity contribution in [2.45, 2.75) is 20.8 Å². The first-order valence-electron chi connectivity index (χ1n) is 8.31. The van der Waals surface area contributed by atoms with Gasteiger partial charge in [0.1, 0.15) is 5.82 Å². The Kier molecular flexibility index (Phi) is 4.73. The Morgan fingerprint density at radius 1 is 1.12 bits per heavy atom. The van der Waals surface area contributed by atoms with Crippen molar-refractivity contribution in [2.75, 3.05) is 5.32 Å². The molecule has 0 aliphatic rings. The van der Waals surface area contributed by atoms with Gasteiger partial charge in [-0.15, -0.1) is 0 Å². The smallest absolute Gasteiger partial charge is 0.258 e. The summed E-state index contributed by atoms with van der Waals surface area (Å²) < 4.78 is 14.3. The zero-order valence-electron chi connectivity index (χ0n) is 14.9. The molecule has 0 saturated carbocycles. The normalized spacial score (nSPS) is 10.9. The topological polar surface area (TPSA) is 42.0 Å². The molecule has 0 atom stereocenters. The predicted molar refractivity (Wildman–Crippen MR) is 102 cm³/mol. The fourth-order valence-corrected chi connectivity index (χ4v) is 2.37. The Labute approximate surface area is 152 Å². The van der Waals surface area contributed by atoms with Gasteiger partial charge in [-0.1, -0.05) is 30.0 Å². The van der Waals surface area contributed by atoms with Crippen LogP contribution in [0, 0.1) is 23.1 Å². The standard InChI is InChI=1S/C22H19FN2O/c1-22(2,3)11-10-15-8-9-18(19(23)12-15)21(26)25-17-13-16-6-4-5-7-20(16)24-14-17/h4-9,12-14H,1-3H3,(H,25,26). The zero-order valence-corrected chi connectivity index (χ0v) is 14.9. The van der Waals surface area contributed by atoms with Gasteiger partial charge in [-0.25, -0.2) is 4.39 Å². The Morgan fingerprint density at radius 2 is 1.88 bits per heavy atom. The number of amides is 1. The lowest BCUT2D eigenvalue weighted by molar-refractivity contribution is 0.102. The quantitative estimate of drug-likeness (QED) is 0.662. The molecule has 4 heteroatoms. The van der Waals surface area contributed by atoms with E-state index in [-0.39, 0.29) is 11.0 Å². The summed E-state index contributed by atoms with van der Waals surface area (Å²) in [5.74, 6) is 4.86. The summed E-state index contributed by atoms with van der Waals surface area (Å²) in [7, 11) is 0. The van der Waals surface area contributed by atoms with Gasteiger partial charge in [-0.2, -0.15) is 0 Å². The summed E-state index contributed by atoms with van der Waals surface area (Å²) in [6, 6.07) is 13.8. The molecule has 1 N–H and O–H groups in total. The molecule has 3 nitrogen and oxygen atoms in total. The molecule has 0 fully saturated rings. The molecule has 3 rings (SSSR count). The third-order valence-corrected chi connectivity index (χ3v) is 3.64. The number of fused-ring (bicyclic) bond motifs is 1. The molecule has 1 amide bonds. The van der Waals surface area contributed by atoms with Gasteiger partial charge in [0.2, 0.25) is 0 Å². The molecule has 0 saturated heterocycles. The number of hydrogen-bond donors (Lipinski definition) is 1. The summed E-state index contributed by atoms with van der Waals surface area (Å²) in [5, 5.41) is 3.59. The largest absolute Gasteiger partial charge is 0.320 e. The molecule has 0 aliphatic carbocycles. The molecule has 1 aromatic heterocycles. The number of halogens is 1. The molecule has 0 unspecified atom stereocenters. The predicted octanol–water partition coefficient (Wildman–Crippen LogP) is 5.02. The minimum absolute atomic E-state index is 0.0283. The van der Waals surface area contributed by atoms with Gasteiger partial charge in [0, 0.05) is 16.4 Å². The Bertz CT molecular complexity index is 1040. The maximum Gasteiger partial charge on any atom is 0.258 e. The fraction of sp³-hybridized carbons (Fsp3) is 0.182. The maximum atomic E-state index is 14.3. The highest BCUT2D eigenvalue weighted by molar-refractivity contribution is 6.05. The number of anilines is 1. The van der Waals surface area contributed by atoms with Crippen molar-refractivity contribution in [1.82, 2.24) is 4.98 Å². The molecule has 0 radical (unpaired) electrons. The van der Waals surface area contributed by atoms with E-state index in [1.807, 2.05) is 45.0 Å². The van der Waals surface area contributed by atoms with Crippen LogP contribution in [0.3, 0.4) is 0 Å². The Hall–Kier alpha value is -3.19. The molecule has 0 aliphatic heterocycles. The van der Waals surface area contributed by atoms with E-state index in [2.05, 4.69) is 22.1 Å². The molecule has 130 valence electrons. The second-order valence-corrected chi connectivity index (χ2v) is 7.07.